The zero-order chi connectivity index (χ0) is 30.2. The molecule has 0 N–H and O–H groups in total. The standard InChI is InChI=1S/C33H62O6/c1-11-15-18-21-30(5,6)27(34)37-24-33(14-4,25-38-28(35)31(7,8)22-19-16-12-2)26-39-29(36)32(9,10)23-20-17-13-3/h11-26H2,1-10H3. The van der Waals surface area contributed by atoms with E-state index in [2.05, 4.69) is 20.8 Å². The van der Waals surface area contributed by atoms with Crippen LogP contribution in [0.15, 0.2) is 0 Å². The molecule has 6 nitrogen and oxygen atoms in total. The highest BCUT2D eigenvalue weighted by Gasteiger charge is 2.40. The van der Waals surface area contributed by atoms with Crippen molar-refractivity contribution in [1.82, 2.24) is 0 Å². The Hall–Kier alpha value is -1.59. The summed E-state index contributed by atoms with van der Waals surface area (Å²) in [7, 11) is 0. The normalized spacial score (nSPS) is 12.8. The summed E-state index contributed by atoms with van der Waals surface area (Å²) in [5.41, 5.74) is -2.63. The summed E-state index contributed by atoms with van der Waals surface area (Å²) in [6.07, 6.45) is 12.2. The van der Waals surface area contributed by atoms with E-state index in [1.165, 1.54) is 0 Å². The van der Waals surface area contributed by atoms with Crippen LogP contribution in [0.25, 0.3) is 0 Å². The quantitative estimate of drug-likeness (QED) is 0.0755. The maximum absolute atomic E-state index is 13.1. The second kappa shape index (κ2) is 18.0. The summed E-state index contributed by atoms with van der Waals surface area (Å²) >= 11 is 0. The average molecular weight is 555 g/mol. The minimum absolute atomic E-state index is 0.0344. The molecule has 0 atom stereocenters. The molecule has 0 rings (SSSR count). The Morgan fingerprint density at radius 1 is 0.462 bits per heavy atom. The van der Waals surface area contributed by atoms with Crippen molar-refractivity contribution in [3.05, 3.63) is 0 Å². The van der Waals surface area contributed by atoms with Crippen LogP contribution in [-0.4, -0.2) is 37.7 Å². The maximum atomic E-state index is 13.1. The van der Waals surface area contributed by atoms with Gasteiger partial charge in [0, 0.05) is 0 Å². The van der Waals surface area contributed by atoms with E-state index < -0.39 is 21.7 Å². The summed E-state index contributed by atoms with van der Waals surface area (Å²) < 4.78 is 17.6. The van der Waals surface area contributed by atoms with Gasteiger partial charge >= 0.3 is 17.9 Å². The van der Waals surface area contributed by atoms with E-state index in [1.807, 2.05) is 48.5 Å². The number of hydrogen-bond acceptors (Lipinski definition) is 6. The molecule has 0 aliphatic heterocycles. The van der Waals surface area contributed by atoms with Crippen LogP contribution in [0, 0.1) is 21.7 Å². The van der Waals surface area contributed by atoms with Crippen LogP contribution >= 0.6 is 0 Å². The molecule has 6 heteroatoms. The van der Waals surface area contributed by atoms with Crippen molar-refractivity contribution in [3.8, 4) is 0 Å². The fourth-order valence-corrected chi connectivity index (χ4v) is 4.43. The number of rotatable bonds is 22. The zero-order valence-corrected chi connectivity index (χ0v) is 27.3. The summed E-state index contributed by atoms with van der Waals surface area (Å²) in [5.74, 6) is -0.809. The van der Waals surface area contributed by atoms with Crippen LogP contribution in [-0.2, 0) is 28.6 Å². The molecule has 0 aliphatic rings. The molecular formula is C33H62O6. The van der Waals surface area contributed by atoms with Crippen molar-refractivity contribution in [1.29, 1.82) is 0 Å². The predicted octanol–water partition coefficient (Wildman–Crippen LogP) is 8.83. The van der Waals surface area contributed by atoms with Crippen LogP contribution in [0.4, 0.5) is 0 Å². The van der Waals surface area contributed by atoms with Crippen molar-refractivity contribution in [2.45, 2.75) is 153 Å². The smallest absolute Gasteiger partial charge is 0.311 e. The first-order valence-electron chi connectivity index (χ1n) is 15.6. The van der Waals surface area contributed by atoms with Gasteiger partial charge in [0.1, 0.15) is 19.8 Å². The van der Waals surface area contributed by atoms with Crippen LogP contribution in [0.2, 0.25) is 0 Å². The number of ether oxygens (including phenoxy) is 3. The van der Waals surface area contributed by atoms with E-state index >= 15 is 0 Å². The largest absolute Gasteiger partial charge is 0.464 e. The van der Waals surface area contributed by atoms with Crippen molar-refractivity contribution in [2.24, 2.45) is 21.7 Å². The Bertz CT molecular complexity index is 629. The number of carbonyl (C=O) groups is 3. The topological polar surface area (TPSA) is 78.9 Å². The molecule has 0 unspecified atom stereocenters. The van der Waals surface area contributed by atoms with E-state index in [0.29, 0.717) is 6.42 Å². The second-order valence-electron chi connectivity index (χ2n) is 13.6. The Morgan fingerprint density at radius 3 is 0.923 bits per heavy atom. The summed E-state index contributed by atoms with van der Waals surface area (Å²) in [4.78, 5) is 39.2. The molecule has 0 aromatic carbocycles. The molecule has 0 fully saturated rings. The maximum Gasteiger partial charge on any atom is 0.311 e. The van der Waals surface area contributed by atoms with Gasteiger partial charge in [-0.05, 0) is 67.2 Å². The highest BCUT2D eigenvalue weighted by molar-refractivity contribution is 5.77. The molecular weight excluding hydrogens is 492 g/mol. The zero-order valence-electron chi connectivity index (χ0n) is 27.3. The van der Waals surface area contributed by atoms with E-state index in [4.69, 9.17) is 14.2 Å². The number of hydrogen-bond donors (Lipinski definition) is 0. The number of unbranched alkanes of at least 4 members (excludes halogenated alkanes) is 6. The van der Waals surface area contributed by atoms with Gasteiger partial charge in [-0.25, -0.2) is 0 Å². The van der Waals surface area contributed by atoms with Crippen LogP contribution in [0.1, 0.15) is 153 Å². The number of esters is 3. The monoisotopic (exact) mass is 554 g/mol. The first-order chi connectivity index (χ1) is 18.1. The fraction of sp³-hybridized carbons (Fsp3) is 0.909. The summed E-state index contributed by atoms with van der Waals surface area (Å²) in [6.45, 7) is 20.0. The van der Waals surface area contributed by atoms with Gasteiger partial charge in [0.05, 0.1) is 21.7 Å². The van der Waals surface area contributed by atoms with E-state index in [1.54, 1.807) is 0 Å². The fourth-order valence-electron chi connectivity index (χ4n) is 4.43. The molecule has 0 aromatic heterocycles. The van der Waals surface area contributed by atoms with Crippen LogP contribution < -0.4 is 0 Å². The first-order valence-corrected chi connectivity index (χ1v) is 15.6. The van der Waals surface area contributed by atoms with E-state index in [-0.39, 0.29) is 37.7 Å². The van der Waals surface area contributed by atoms with Crippen molar-refractivity contribution >= 4 is 17.9 Å². The van der Waals surface area contributed by atoms with Gasteiger partial charge < -0.3 is 14.2 Å². The molecule has 230 valence electrons. The molecule has 0 bridgehead atoms. The van der Waals surface area contributed by atoms with Crippen molar-refractivity contribution in [3.63, 3.8) is 0 Å². The van der Waals surface area contributed by atoms with Gasteiger partial charge in [0.15, 0.2) is 0 Å². The molecule has 0 aliphatic carbocycles. The predicted molar refractivity (Wildman–Crippen MR) is 159 cm³/mol. The highest BCUT2D eigenvalue weighted by Crippen LogP contribution is 2.33. The molecule has 0 heterocycles. The Kier molecular flexibility index (Phi) is 17.2. The van der Waals surface area contributed by atoms with E-state index in [0.717, 1.165) is 77.0 Å². The van der Waals surface area contributed by atoms with Crippen molar-refractivity contribution in [2.75, 3.05) is 19.8 Å². The minimum Gasteiger partial charge on any atom is -0.464 e. The third-order valence-electron chi connectivity index (χ3n) is 8.15. The molecule has 0 spiro atoms. The Labute approximate surface area is 240 Å². The lowest BCUT2D eigenvalue weighted by atomic mass is 9.84. The first kappa shape index (κ1) is 37.4. The van der Waals surface area contributed by atoms with Gasteiger partial charge in [0.2, 0.25) is 0 Å². The van der Waals surface area contributed by atoms with Crippen LogP contribution in [0.3, 0.4) is 0 Å². The van der Waals surface area contributed by atoms with E-state index in [9.17, 15) is 14.4 Å². The molecule has 0 saturated carbocycles. The Morgan fingerprint density at radius 2 is 0.718 bits per heavy atom. The van der Waals surface area contributed by atoms with Gasteiger partial charge in [-0.1, -0.05) is 85.5 Å². The molecule has 0 saturated heterocycles. The Balaban J connectivity index is 5.61. The van der Waals surface area contributed by atoms with Gasteiger partial charge in [-0.15, -0.1) is 0 Å². The second-order valence-corrected chi connectivity index (χ2v) is 13.6. The van der Waals surface area contributed by atoms with Crippen molar-refractivity contribution < 1.29 is 28.6 Å². The lowest BCUT2D eigenvalue weighted by Gasteiger charge is -2.35. The highest BCUT2D eigenvalue weighted by atomic mass is 16.6. The lowest BCUT2D eigenvalue weighted by molar-refractivity contribution is -0.174. The minimum atomic E-state index is -0.806. The summed E-state index contributed by atoms with van der Waals surface area (Å²) in [6, 6.07) is 0. The summed E-state index contributed by atoms with van der Waals surface area (Å²) in [5, 5.41) is 0. The van der Waals surface area contributed by atoms with Gasteiger partial charge in [0.25, 0.3) is 0 Å². The van der Waals surface area contributed by atoms with Gasteiger partial charge in [-0.3, -0.25) is 14.4 Å². The molecule has 0 radical (unpaired) electrons. The SMILES string of the molecule is CCCCCC(C)(C)C(=O)OCC(CC)(COC(=O)C(C)(C)CCCCC)COC(=O)C(C)(C)CCCCC. The number of carbonyl (C=O) groups excluding carboxylic acids is 3. The third-order valence-corrected chi connectivity index (χ3v) is 8.15. The van der Waals surface area contributed by atoms with Gasteiger partial charge in [-0.2, -0.15) is 0 Å². The van der Waals surface area contributed by atoms with Crippen LogP contribution in [0.5, 0.6) is 0 Å². The third kappa shape index (κ3) is 14.0. The molecule has 0 aromatic rings. The average Bonchev–Trinajstić information content (AvgIpc) is 2.88. The lowest BCUT2D eigenvalue weighted by Crippen LogP contribution is -2.43. The molecule has 0 amide bonds. The molecule has 39 heavy (non-hydrogen) atoms.